The summed E-state index contributed by atoms with van der Waals surface area (Å²) < 4.78 is 5.42. The molecule has 0 radical (unpaired) electrons. The smallest absolute Gasteiger partial charge is 0.224 e. The highest BCUT2D eigenvalue weighted by Crippen LogP contribution is 2.28. The topological polar surface area (TPSA) is 50.4 Å². The SMILES string of the molecule is CNCC(C)C(=O)NCCOCC1CC1. The molecule has 4 heteroatoms. The van der Waals surface area contributed by atoms with Gasteiger partial charge in [-0.05, 0) is 25.8 Å². The summed E-state index contributed by atoms with van der Waals surface area (Å²) in [5, 5.41) is 5.84. The summed E-state index contributed by atoms with van der Waals surface area (Å²) in [5.41, 5.74) is 0. The van der Waals surface area contributed by atoms with Crippen LogP contribution in [0.4, 0.5) is 0 Å². The van der Waals surface area contributed by atoms with Gasteiger partial charge in [-0.1, -0.05) is 6.92 Å². The van der Waals surface area contributed by atoms with E-state index in [1.807, 2.05) is 14.0 Å². The van der Waals surface area contributed by atoms with Crippen LogP contribution in [0.3, 0.4) is 0 Å². The number of amides is 1. The van der Waals surface area contributed by atoms with E-state index in [2.05, 4.69) is 10.6 Å². The summed E-state index contributed by atoms with van der Waals surface area (Å²) in [5.74, 6) is 0.918. The van der Waals surface area contributed by atoms with Crippen LogP contribution < -0.4 is 10.6 Å². The molecule has 15 heavy (non-hydrogen) atoms. The summed E-state index contributed by atoms with van der Waals surface area (Å²) in [7, 11) is 1.85. The molecule has 1 fully saturated rings. The summed E-state index contributed by atoms with van der Waals surface area (Å²) in [6.07, 6.45) is 2.62. The third-order valence-corrected chi connectivity index (χ3v) is 2.55. The summed E-state index contributed by atoms with van der Waals surface area (Å²) in [4.78, 5) is 11.4. The Bertz CT molecular complexity index is 193. The van der Waals surface area contributed by atoms with Crippen molar-refractivity contribution < 1.29 is 9.53 Å². The Labute approximate surface area is 91.8 Å². The fourth-order valence-corrected chi connectivity index (χ4v) is 1.35. The Balaban J connectivity index is 1.90. The van der Waals surface area contributed by atoms with Crippen molar-refractivity contribution in [3.05, 3.63) is 0 Å². The van der Waals surface area contributed by atoms with Gasteiger partial charge >= 0.3 is 0 Å². The van der Waals surface area contributed by atoms with Crippen molar-refractivity contribution >= 4 is 5.91 Å². The Kier molecular flexibility index (Phi) is 5.65. The number of carbonyl (C=O) groups is 1. The van der Waals surface area contributed by atoms with Gasteiger partial charge in [-0.15, -0.1) is 0 Å². The molecule has 1 saturated carbocycles. The van der Waals surface area contributed by atoms with Gasteiger partial charge < -0.3 is 15.4 Å². The Hall–Kier alpha value is -0.610. The quantitative estimate of drug-likeness (QED) is 0.575. The standard InChI is InChI=1S/C11H22N2O2/c1-9(7-12-2)11(14)13-5-6-15-8-10-3-4-10/h9-10,12H,3-8H2,1-2H3,(H,13,14). The fraction of sp³-hybridized carbons (Fsp3) is 0.909. The first-order valence-electron chi connectivity index (χ1n) is 5.74. The average Bonchev–Trinajstić information content (AvgIpc) is 3.01. The molecule has 88 valence electrons. The largest absolute Gasteiger partial charge is 0.379 e. The van der Waals surface area contributed by atoms with Crippen molar-refractivity contribution in [2.24, 2.45) is 11.8 Å². The van der Waals surface area contributed by atoms with E-state index in [4.69, 9.17) is 4.74 Å². The van der Waals surface area contributed by atoms with Gasteiger partial charge in [0.2, 0.25) is 5.91 Å². The minimum Gasteiger partial charge on any atom is -0.379 e. The second kappa shape index (κ2) is 6.80. The summed E-state index contributed by atoms with van der Waals surface area (Å²) in [6.45, 7) is 4.75. The highest BCUT2D eigenvalue weighted by Gasteiger charge is 2.20. The second-order valence-electron chi connectivity index (χ2n) is 4.27. The lowest BCUT2D eigenvalue weighted by Crippen LogP contribution is -2.36. The van der Waals surface area contributed by atoms with E-state index >= 15 is 0 Å². The van der Waals surface area contributed by atoms with Gasteiger partial charge in [0.15, 0.2) is 0 Å². The van der Waals surface area contributed by atoms with Crippen molar-refractivity contribution in [3.63, 3.8) is 0 Å². The fourth-order valence-electron chi connectivity index (χ4n) is 1.35. The molecule has 1 aliphatic carbocycles. The number of ether oxygens (including phenoxy) is 1. The zero-order valence-corrected chi connectivity index (χ0v) is 9.71. The minimum atomic E-state index is 0.0263. The molecule has 1 rings (SSSR count). The van der Waals surface area contributed by atoms with Gasteiger partial charge in [0, 0.05) is 25.6 Å². The van der Waals surface area contributed by atoms with Crippen LogP contribution in [0, 0.1) is 11.8 Å². The molecular formula is C11H22N2O2. The van der Waals surface area contributed by atoms with Gasteiger partial charge in [0.05, 0.1) is 6.61 Å². The van der Waals surface area contributed by atoms with E-state index < -0.39 is 0 Å². The van der Waals surface area contributed by atoms with Crippen molar-refractivity contribution in [3.8, 4) is 0 Å². The van der Waals surface area contributed by atoms with E-state index in [0.717, 1.165) is 19.1 Å². The maximum Gasteiger partial charge on any atom is 0.224 e. The first-order chi connectivity index (χ1) is 7.24. The van der Waals surface area contributed by atoms with Crippen LogP contribution in [0.25, 0.3) is 0 Å². The number of rotatable bonds is 8. The van der Waals surface area contributed by atoms with Crippen LogP contribution in [0.5, 0.6) is 0 Å². The van der Waals surface area contributed by atoms with Gasteiger partial charge in [0.25, 0.3) is 0 Å². The molecule has 0 aromatic rings. The second-order valence-corrected chi connectivity index (χ2v) is 4.27. The lowest BCUT2D eigenvalue weighted by Gasteiger charge is -2.11. The number of nitrogens with one attached hydrogen (secondary N) is 2. The van der Waals surface area contributed by atoms with Crippen LogP contribution in [0.1, 0.15) is 19.8 Å². The molecule has 0 aromatic heterocycles. The molecule has 4 nitrogen and oxygen atoms in total. The third kappa shape index (κ3) is 5.74. The Morgan fingerprint density at radius 3 is 2.87 bits per heavy atom. The molecule has 0 bridgehead atoms. The van der Waals surface area contributed by atoms with Gasteiger partial charge in [0.1, 0.15) is 0 Å². The predicted octanol–water partition coefficient (Wildman–Crippen LogP) is 0.385. The van der Waals surface area contributed by atoms with Crippen LogP contribution in [0.2, 0.25) is 0 Å². The van der Waals surface area contributed by atoms with Gasteiger partial charge in [-0.3, -0.25) is 4.79 Å². The van der Waals surface area contributed by atoms with E-state index in [1.54, 1.807) is 0 Å². The lowest BCUT2D eigenvalue weighted by atomic mass is 10.1. The number of hydrogen-bond acceptors (Lipinski definition) is 3. The molecule has 1 atom stereocenters. The normalized spacial score (nSPS) is 17.5. The van der Waals surface area contributed by atoms with E-state index in [0.29, 0.717) is 13.2 Å². The summed E-state index contributed by atoms with van der Waals surface area (Å²) >= 11 is 0. The maximum absolute atomic E-state index is 11.4. The van der Waals surface area contributed by atoms with E-state index in [-0.39, 0.29) is 11.8 Å². The lowest BCUT2D eigenvalue weighted by molar-refractivity contribution is -0.124. The zero-order valence-electron chi connectivity index (χ0n) is 9.71. The van der Waals surface area contributed by atoms with Gasteiger partial charge in [-0.2, -0.15) is 0 Å². The Morgan fingerprint density at radius 2 is 2.27 bits per heavy atom. The molecule has 0 aromatic carbocycles. The van der Waals surface area contributed by atoms with Crippen LogP contribution in [0.15, 0.2) is 0 Å². The minimum absolute atomic E-state index is 0.0263. The average molecular weight is 214 g/mol. The number of hydrogen-bond donors (Lipinski definition) is 2. The third-order valence-electron chi connectivity index (χ3n) is 2.55. The van der Waals surface area contributed by atoms with Crippen LogP contribution in [-0.4, -0.2) is 39.3 Å². The van der Waals surface area contributed by atoms with Crippen molar-refractivity contribution in [2.75, 3.05) is 33.4 Å². The van der Waals surface area contributed by atoms with E-state index in [9.17, 15) is 4.79 Å². The monoisotopic (exact) mass is 214 g/mol. The van der Waals surface area contributed by atoms with Crippen molar-refractivity contribution in [1.29, 1.82) is 0 Å². The van der Waals surface area contributed by atoms with Crippen molar-refractivity contribution in [1.82, 2.24) is 10.6 Å². The first kappa shape index (κ1) is 12.5. The van der Waals surface area contributed by atoms with Crippen LogP contribution in [-0.2, 0) is 9.53 Å². The zero-order chi connectivity index (χ0) is 11.1. The van der Waals surface area contributed by atoms with Crippen molar-refractivity contribution in [2.45, 2.75) is 19.8 Å². The highest BCUT2D eigenvalue weighted by atomic mass is 16.5. The Morgan fingerprint density at radius 1 is 1.53 bits per heavy atom. The first-order valence-corrected chi connectivity index (χ1v) is 5.74. The molecule has 1 amide bonds. The molecule has 0 aliphatic heterocycles. The van der Waals surface area contributed by atoms with Gasteiger partial charge in [-0.25, -0.2) is 0 Å². The molecule has 0 saturated heterocycles. The molecule has 1 aliphatic rings. The molecule has 1 unspecified atom stereocenters. The van der Waals surface area contributed by atoms with Crippen LogP contribution >= 0.6 is 0 Å². The molecule has 0 heterocycles. The molecule has 0 spiro atoms. The van der Waals surface area contributed by atoms with E-state index in [1.165, 1.54) is 12.8 Å². The highest BCUT2D eigenvalue weighted by molar-refractivity contribution is 5.78. The maximum atomic E-state index is 11.4. The molecular weight excluding hydrogens is 192 g/mol. The predicted molar refractivity (Wildman–Crippen MR) is 59.6 cm³/mol. The summed E-state index contributed by atoms with van der Waals surface area (Å²) in [6, 6.07) is 0. The number of carbonyl (C=O) groups excluding carboxylic acids is 1. The molecule has 2 N–H and O–H groups in total.